The molecule has 3 aromatic heterocycles. The number of rotatable bonds is 4. The summed E-state index contributed by atoms with van der Waals surface area (Å²) < 4.78 is 8.94. The molecule has 0 aliphatic carbocycles. The van der Waals surface area contributed by atoms with Gasteiger partial charge in [0.05, 0.1) is 0 Å². The van der Waals surface area contributed by atoms with Crippen LogP contribution in [-0.2, 0) is 0 Å². The number of furan rings is 1. The monoisotopic (exact) mass is 679 g/mol. The molecule has 0 saturated heterocycles. The molecule has 48 heavy (non-hydrogen) atoms. The van der Waals surface area contributed by atoms with Gasteiger partial charge in [-0.3, -0.25) is 0 Å². The number of hydrogen-bond acceptors (Lipinski definition) is 4. The third-order valence-corrected chi connectivity index (χ3v) is 11.8. The Labute approximate surface area is 281 Å². The van der Waals surface area contributed by atoms with Crippen molar-refractivity contribution in [2.24, 2.45) is 0 Å². The third kappa shape index (κ3) is 4.33. The molecule has 0 spiro atoms. The van der Waals surface area contributed by atoms with E-state index in [0.717, 1.165) is 38.6 Å². The molecule has 7 aromatic carbocycles. The topological polar surface area (TPSA) is 51.8 Å². The van der Waals surface area contributed by atoms with Crippen molar-refractivity contribution in [2.45, 2.75) is 0 Å². The van der Waals surface area contributed by atoms with Crippen LogP contribution >= 0.6 is 0 Å². The Kier molecular flexibility index (Phi) is 6.16. The van der Waals surface area contributed by atoms with Gasteiger partial charge in [0.2, 0.25) is 0 Å². The van der Waals surface area contributed by atoms with Crippen LogP contribution in [-0.4, -0.2) is 29.5 Å². The first-order chi connectivity index (χ1) is 23.8. The first kappa shape index (κ1) is 27.3. The fraction of sp³-hybridized carbons (Fsp3) is 0. The zero-order chi connectivity index (χ0) is 31.6. The summed E-state index contributed by atoms with van der Waals surface area (Å²) in [5.41, 5.74) is 7.14. The summed E-state index contributed by atoms with van der Waals surface area (Å²) in [6, 6.07) is 53.1. The average molecular weight is 679 g/mol. The van der Waals surface area contributed by atoms with Crippen LogP contribution in [0.2, 0.25) is 0 Å². The van der Waals surface area contributed by atoms with Gasteiger partial charge in [-0.2, -0.15) is 0 Å². The first-order valence-electron chi connectivity index (χ1n) is 15.9. The predicted molar refractivity (Wildman–Crippen MR) is 198 cm³/mol. The molecular weight excluding hydrogens is 653 g/mol. The van der Waals surface area contributed by atoms with Crippen molar-refractivity contribution in [3.05, 3.63) is 152 Å². The van der Waals surface area contributed by atoms with Gasteiger partial charge in [0, 0.05) is 0 Å². The van der Waals surface area contributed by atoms with E-state index < -0.39 is 0 Å². The fourth-order valence-corrected chi connectivity index (χ4v) is 9.70. The summed E-state index contributed by atoms with van der Waals surface area (Å²) >= 11 is 0.0456. The summed E-state index contributed by atoms with van der Waals surface area (Å²) in [5, 5.41) is 7.12. The second-order valence-corrected chi connectivity index (χ2v) is 14.1. The van der Waals surface area contributed by atoms with E-state index in [0.29, 0.717) is 17.5 Å². The Morgan fingerprint density at radius 1 is 0.396 bits per heavy atom. The summed E-state index contributed by atoms with van der Waals surface area (Å²) in [7, 11) is 0. The van der Waals surface area contributed by atoms with Gasteiger partial charge in [0.25, 0.3) is 0 Å². The molecule has 0 unspecified atom stereocenters. The number of nitrogens with zero attached hydrogens (tertiary/aromatic N) is 3. The first-order valence-corrected chi connectivity index (χ1v) is 17.7. The Bertz CT molecular complexity index is 2850. The summed E-state index contributed by atoms with van der Waals surface area (Å²) in [4.78, 5) is 15.5. The molecule has 10 rings (SSSR count). The molecule has 0 radical (unpaired) electrons. The van der Waals surface area contributed by atoms with E-state index in [1.54, 1.807) is 0 Å². The van der Waals surface area contributed by atoms with E-state index in [9.17, 15) is 0 Å². The van der Waals surface area contributed by atoms with E-state index in [-0.39, 0.29) is 14.5 Å². The fourth-order valence-electron chi connectivity index (χ4n) is 6.87. The number of aromatic nitrogens is 3. The van der Waals surface area contributed by atoms with Crippen molar-refractivity contribution in [3.63, 3.8) is 0 Å². The Hall–Kier alpha value is -5.87. The number of benzene rings is 7. The van der Waals surface area contributed by atoms with Crippen LogP contribution in [0, 0.1) is 0 Å². The molecule has 4 nitrogen and oxygen atoms in total. The van der Waals surface area contributed by atoms with Crippen molar-refractivity contribution >= 4 is 66.5 Å². The molecule has 0 aliphatic heterocycles. The van der Waals surface area contributed by atoms with Crippen LogP contribution in [0.4, 0.5) is 0 Å². The molecule has 5 heteroatoms. The van der Waals surface area contributed by atoms with Gasteiger partial charge in [-0.15, -0.1) is 0 Å². The molecule has 224 valence electrons. The summed E-state index contributed by atoms with van der Waals surface area (Å²) in [5.74, 6) is 1.97. The van der Waals surface area contributed by atoms with E-state index in [1.807, 2.05) is 48.5 Å². The van der Waals surface area contributed by atoms with Crippen LogP contribution < -0.4 is 0 Å². The average Bonchev–Trinajstić information content (AvgIpc) is 3.73. The molecule has 0 bridgehead atoms. The predicted octanol–water partition coefficient (Wildman–Crippen LogP) is 11.0. The number of para-hydroxylation sites is 1. The zero-order valence-corrected chi connectivity index (χ0v) is 27.3. The normalized spacial score (nSPS) is 11.8. The van der Waals surface area contributed by atoms with E-state index >= 15 is 0 Å². The quantitative estimate of drug-likeness (QED) is 0.174. The SMILES string of the molecule is c1ccc(-c2nc(-c3cccc4c3[se]c3c(-c5ccc6ccccc6c5)cccc34)nc(-c3cccc4oc5ccccc5c34)n2)cc1. The molecule has 0 saturated carbocycles. The van der Waals surface area contributed by atoms with Crippen molar-refractivity contribution in [2.75, 3.05) is 0 Å². The van der Waals surface area contributed by atoms with Gasteiger partial charge in [0.1, 0.15) is 0 Å². The van der Waals surface area contributed by atoms with Gasteiger partial charge in [0.15, 0.2) is 0 Å². The molecule has 0 N–H and O–H groups in total. The molecular formula is C43H25N3OSe. The van der Waals surface area contributed by atoms with Gasteiger partial charge >= 0.3 is 283 Å². The van der Waals surface area contributed by atoms with Crippen LogP contribution in [0.5, 0.6) is 0 Å². The minimum atomic E-state index is 0.0456. The molecule has 10 aromatic rings. The Balaban J connectivity index is 1.22. The van der Waals surface area contributed by atoms with Gasteiger partial charge in [-0.05, 0) is 0 Å². The molecule has 0 amide bonds. The Morgan fingerprint density at radius 3 is 1.85 bits per heavy atom. The molecule has 0 atom stereocenters. The van der Waals surface area contributed by atoms with Crippen molar-refractivity contribution in [1.82, 2.24) is 15.0 Å². The van der Waals surface area contributed by atoms with Crippen molar-refractivity contribution in [3.8, 4) is 45.3 Å². The molecule has 0 aliphatic rings. The second kappa shape index (κ2) is 10.9. The maximum atomic E-state index is 6.24. The molecule has 3 heterocycles. The van der Waals surface area contributed by atoms with E-state index in [1.165, 1.54) is 41.2 Å². The zero-order valence-electron chi connectivity index (χ0n) is 25.6. The summed E-state index contributed by atoms with van der Waals surface area (Å²) in [6.07, 6.45) is 0. The van der Waals surface area contributed by atoms with E-state index in [4.69, 9.17) is 19.4 Å². The third-order valence-electron chi connectivity index (χ3n) is 9.14. The number of fused-ring (bicyclic) bond motifs is 7. The van der Waals surface area contributed by atoms with Crippen molar-refractivity contribution < 1.29 is 4.42 Å². The minimum absolute atomic E-state index is 0.0456. The van der Waals surface area contributed by atoms with Gasteiger partial charge in [-0.1, -0.05) is 0 Å². The second-order valence-electron chi connectivity index (χ2n) is 12.0. The number of hydrogen-bond donors (Lipinski definition) is 0. The Morgan fingerprint density at radius 2 is 1.00 bits per heavy atom. The maximum absolute atomic E-state index is 6.24. The van der Waals surface area contributed by atoms with Crippen LogP contribution in [0.15, 0.2) is 156 Å². The molecule has 0 fully saturated rings. The van der Waals surface area contributed by atoms with Crippen LogP contribution in [0.1, 0.15) is 0 Å². The van der Waals surface area contributed by atoms with Crippen LogP contribution in [0.25, 0.3) is 97.3 Å². The van der Waals surface area contributed by atoms with Crippen LogP contribution in [0.3, 0.4) is 0 Å². The van der Waals surface area contributed by atoms with E-state index in [2.05, 4.69) is 103 Å². The standard InChI is InChI=1S/C43H25N3OSe/c1-2-12-27(13-3-1)41-44-42(34-19-10-22-37-38(34)33-15-6-7-21-36(33)47-37)46-43(45-41)35-20-9-18-32-31-17-8-16-30(39(31)48-40(32)35)29-24-23-26-11-4-5-14-28(26)25-29/h1-25H. The van der Waals surface area contributed by atoms with Crippen molar-refractivity contribution in [1.29, 1.82) is 0 Å². The van der Waals surface area contributed by atoms with Gasteiger partial charge < -0.3 is 0 Å². The summed E-state index contributed by atoms with van der Waals surface area (Å²) in [6.45, 7) is 0. The van der Waals surface area contributed by atoms with Gasteiger partial charge in [-0.25, -0.2) is 0 Å².